The van der Waals surface area contributed by atoms with Gasteiger partial charge in [-0.15, -0.1) is 0 Å². The van der Waals surface area contributed by atoms with Crippen molar-refractivity contribution in [1.82, 2.24) is 9.97 Å². The molecule has 2 aromatic rings. The second kappa shape index (κ2) is 6.02. The van der Waals surface area contributed by atoms with Gasteiger partial charge in [-0.25, -0.2) is 9.37 Å². The van der Waals surface area contributed by atoms with Gasteiger partial charge in [0.25, 0.3) is 5.91 Å². The Balaban J connectivity index is 2.24. The summed E-state index contributed by atoms with van der Waals surface area (Å²) in [5.74, 6) is -0.950. The van der Waals surface area contributed by atoms with Crippen LogP contribution in [0, 0.1) is 5.82 Å². The third-order valence-corrected chi connectivity index (χ3v) is 3.03. The number of anilines is 1. The van der Waals surface area contributed by atoms with Gasteiger partial charge >= 0.3 is 0 Å². The van der Waals surface area contributed by atoms with Crippen molar-refractivity contribution in [3.8, 4) is 0 Å². The van der Waals surface area contributed by atoms with E-state index in [2.05, 4.69) is 15.3 Å². The third kappa shape index (κ3) is 3.34. The van der Waals surface area contributed by atoms with E-state index in [0.29, 0.717) is 10.6 Å². The average Bonchev–Trinajstić information content (AvgIpc) is 2.39. The predicted octanol–water partition coefficient (Wildman–Crippen LogP) is 2.63. The lowest BCUT2D eigenvalue weighted by molar-refractivity contribution is 0.100. The molecule has 0 saturated heterocycles. The summed E-state index contributed by atoms with van der Waals surface area (Å²) in [6.45, 7) is 0.157. The monoisotopic (exact) mass is 314 g/mol. The van der Waals surface area contributed by atoms with Gasteiger partial charge in [-0.3, -0.25) is 4.79 Å². The molecule has 1 amide bonds. The largest absolute Gasteiger partial charge is 0.365 e. The minimum absolute atomic E-state index is 0.0390. The number of benzene rings is 1. The topological polar surface area (TPSA) is 80.9 Å². The molecule has 0 unspecified atom stereocenters. The number of nitrogens with one attached hydrogen (secondary N) is 1. The summed E-state index contributed by atoms with van der Waals surface area (Å²) < 4.78 is 13.1. The van der Waals surface area contributed by atoms with Crippen molar-refractivity contribution in [3.05, 3.63) is 51.6 Å². The maximum Gasteiger partial charge on any atom is 0.254 e. The van der Waals surface area contributed by atoms with Crippen LogP contribution in [0.15, 0.2) is 24.4 Å². The fourth-order valence-corrected chi connectivity index (χ4v) is 1.85. The molecule has 1 aromatic heterocycles. The van der Waals surface area contributed by atoms with Crippen molar-refractivity contribution >= 4 is 34.9 Å². The van der Waals surface area contributed by atoms with E-state index in [1.54, 1.807) is 0 Å². The van der Waals surface area contributed by atoms with Crippen LogP contribution < -0.4 is 11.1 Å². The van der Waals surface area contributed by atoms with Crippen LogP contribution in [0.1, 0.15) is 15.9 Å². The summed E-state index contributed by atoms with van der Waals surface area (Å²) in [4.78, 5) is 18.8. The molecule has 104 valence electrons. The molecule has 1 heterocycles. The Morgan fingerprint density at radius 2 is 2.15 bits per heavy atom. The minimum atomic E-state index is -0.700. The van der Waals surface area contributed by atoms with E-state index in [9.17, 15) is 9.18 Å². The Labute approximate surface area is 123 Å². The SMILES string of the molecule is NC(=O)c1cnc(Cl)nc1NCc1cc(F)ccc1Cl. The molecular formula is C12H9Cl2FN4O. The summed E-state index contributed by atoms with van der Waals surface area (Å²) in [6, 6.07) is 3.97. The van der Waals surface area contributed by atoms with Gasteiger partial charge in [-0.05, 0) is 35.4 Å². The Hall–Kier alpha value is -1.92. The normalized spacial score (nSPS) is 10.3. The van der Waals surface area contributed by atoms with Crippen LogP contribution in [0.2, 0.25) is 10.3 Å². The van der Waals surface area contributed by atoms with Gasteiger partial charge in [0.05, 0.1) is 5.56 Å². The van der Waals surface area contributed by atoms with Gasteiger partial charge in [0.15, 0.2) is 0 Å². The van der Waals surface area contributed by atoms with E-state index in [1.165, 1.54) is 24.4 Å². The molecule has 3 N–H and O–H groups in total. The van der Waals surface area contributed by atoms with E-state index >= 15 is 0 Å². The lowest BCUT2D eigenvalue weighted by Crippen LogP contribution is -2.16. The first-order valence-electron chi connectivity index (χ1n) is 5.47. The second-order valence-corrected chi connectivity index (χ2v) is 4.60. The number of primary amides is 1. The zero-order valence-electron chi connectivity index (χ0n) is 10.0. The molecule has 0 aliphatic rings. The Morgan fingerprint density at radius 1 is 1.40 bits per heavy atom. The van der Waals surface area contributed by atoms with E-state index in [1.807, 2.05) is 0 Å². The van der Waals surface area contributed by atoms with Crippen molar-refractivity contribution in [2.24, 2.45) is 5.73 Å². The highest BCUT2D eigenvalue weighted by molar-refractivity contribution is 6.31. The molecule has 1 aromatic carbocycles. The molecule has 0 aliphatic heterocycles. The number of carbonyl (C=O) groups is 1. The van der Waals surface area contributed by atoms with Crippen molar-refractivity contribution in [3.63, 3.8) is 0 Å². The zero-order valence-corrected chi connectivity index (χ0v) is 11.5. The minimum Gasteiger partial charge on any atom is -0.365 e. The van der Waals surface area contributed by atoms with Gasteiger partial charge in [0.1, 0.15) is 11.6 Å². The molecule has 0 aliphatic carbocycles. The predicted molar refractivity (Wildman–Crippen MR) is 74.3 cm³/mol. The van der Waals surface area contributed by atoms with Crippen LogP contribution in [0.25, 0.3) is 0 Å². The fraction of sp³-hybridized carbons (Fsp3) is 0.0833. The second-order valence-electron chi connectivity index (χ2n) is 3.85. The zero-order chi connectivity index (χ0) is 14.7. The fourth-order valence-electron chi connectivity index (χ4n) is 1.53. The van der Waals surface area contributed by atoms with Gasteiger partial charge in [0, 0.05) is 17.8 Å². The van der Waals surface area contributed by atoms with Crippen LogP contribution >= 0.6 is 23.2 Å². The number of nitrogens with two attached hydrogens (primary N) is 1. The Kier molecular flexibility index (Phi) is 4.36. The van der Waals surface area contributed by atoms with Gasteiger partial charge in [-0.1, -0.05) is 11.6 Å². The molecule has 20 heavy (non-hydrogen) atoms. The molecule has 0 bridgehead atoms. The summed E-state index contributed by atoms with van der Waals surface area (Å²) in [5.41, 5.74) is 5.80. The summed E-state index contributed by atoms with van der Waals surface area (Å²) in [7, 11) is 0. The molecule has 5 nitrogen and oxygen atoms in total. The number of amides is 1. The van der Waals surface area contributed by atoms with Crippen molar-refractivity contribution in [1.29, 1.82) is 0 Å². The number of hydrogen-bond acceptors (Lipinski definition) is 4. The van der Waals surface area contributed by atoms with Crippen LogP contribution in [0.4, 0.5) is 10.2 Å². The maximum atomic E-state index is 13.1. The first-order chi connectivity index (χ1) is 9.47. The highest BCUT2D eigenvalue weighted by Crippen LogP contribution is 2.20. The van der Waals surface area contributed by atoms with Crippen LogP contribution in [0.3, 0.4) is 0 Å². The molecule has 0 saturated carbocycles. The highest BCUT2D eigenvalue weighted by atomic mass is 35.5. The number of halogens is 3. The summed E-state index contributed by atoms with van der Waals surface area (Å²) in [6.07, 6.45) is 1.22. The van der Waals surface area contributed by atoms with Crippen molar-refractivity contribution in [2.45, 2.75) is 6.54 Å². The smallest absolute Gasteiger partial charge is 0.254 e. The van der Waals surface area contributed by atoms with Gasteiger partial charge in [-0.2, -0.15) is 4.98 Å². The number of nitrogens with zero attached hydrogens (tertiary/aromatic N) is 2. The van der Waals surface area contributed by atoms with Gasteiger partial charge in [0.2, 0.25) is 5.28 Å². The molecule has 2 rings (SSSR count). The molecule has 0 fully saturated rings. The van der Waals surface area contributed by atoms with E-state index in [-0.39, 0.29) is 23.2 Å². The quantitative estimate of drug-likeness (QED) is 0.850. The van der Waals surface area contributed by atoms with E-state index in [0.717, 1.165) is 0 Å². The lowest BCUT2D eigenvalue weighted by Gasteiger charge is -2.10. The van der Waals surface area contributed by atoms with Crippen LogP contribution in [-0.4, -0.2) is 15.9 Å². The number of rotatable bonds is 4. The van der Waals surface area contributed by atoms with Crippen molar-refractivity contribution in [2.75, 3.05) is 5.32 Å². The molecule has 8 heteroatoms. The maximum absolute atomic E-state index is 13.1. The first-order valence-corrected chi connectivity index (χ1v) is 6.23. The van der Waals surface area contributed by atoms with E-state index in [4.69, 9.17) is 28.9 Å². The molecule has 0 spiro atoms. The lowest BCUT2D eigenvalue weighted by atomic mass is 10.2. The standard InChI is InChI=1S/C12H9Cl2FN4O/c13-9-2-1-7(15)3-6(9)4-17-11-8(10(16)20)5-18-12(14)19-11/h1-3,5H,4H2,(H2,16,20)(H,17,18,19). The van der Waals surface area contributed by atoms with Gasteiger partial charge < -0.3 is 11.1 Å². The number of aromatic nitrogens is 2. The Bertz CT molecular complexity index is 666. The van der Waals surface area contributed by atoms with Crippen molar-refractivity contribution < 1.29 is 9.18 Å². The molecule has 0 radical (unpaired) electrons. The highest BCUT2D eigenvalue weighted by Gasteiger charge is 2.12. The third-order valence-electron chi connectivity index (χ3n) is 2.48. The summed E-state index contributed by atoms with van der Waals surface area (Å²) >= 11 is 11.6. The van der Waals surface area contributed by atoms with Crippen LogP contribution in [0.5, 0.6) is 0 Å². The average molecular weight is 315 g/mol. The molecule has 0 atom stereocenters. The van der Waals surface area contributed by atoms with Crippen LogP contribution in [-0.2, 0) is 6.54 Å². The molecular weight excluding hydrogens is 306 g/mol. The number of carbonyl (C=O) groups excluding carboxylic acids is 1. The van der Waals surface area contributed by atoms with E-state index < -0.39 is 11.7 Å². The first kappa shape index (κ1) is 14.5. The summed E-state index contributed by atoms with van der Waals surface area (Å²) in [5, 5.41) is 3.18. The Morgan fingerprint density at radius 3 is 2.85 bits per heavy atom. The number of hydrogen-bond donors (Lipinski definition) is 2.